The number of thioether (sulfide) groups is 1. The van der Waals surface area contributed by atoms with Crippen LogP contribution in [0, 0.1) is 0 Å². The van der Waals surface area contributed by atoms with Crippen molar-refractivity contribution in [3.05, 3.63) is 24.0 Å². The van der Waals surface area contributed by atoms with Crippen molar-refractivity contribution in [3.8, 4) is 0 Å². The summed E-state index contributed by atoms with van der Waals surface area (Å²) >= 11 is 6.93. The molecule has 1 aliphatic heterocycles. The van der Waals surface area contributed by atoms with E-state index in [0.29, 0.717) is 22.0 Å². The highest BCUT2D eigenvalue weighted by Gasteiger charge is 2.25. The normalized spacial score (nSPS) is 24.7. The largest absolute Gasteiger partial charge is 0.388 e. The lowest BCUT2D eigenvalue weighted by molar-refractivity contribution is 0.626. The highest BCUT2D eigenvalue weighted by atomic mass is 32.2. The Morgan fingerprint density at radius 2 is 2.29 bits per heavy atom. The highest BCUT2D eigenvalue weighted by Crippen LogP contribution is 2.28. The van der Waals surface area contributed by atoms with Gasteiger partial charge in [-0.3, -0.25) is 4.98 Å². The lowest BCUT2D eigenvalue weighted by atomic mass is 10.2. The zero-order chi connectivity index (χ0) is 12.4. The first-order chi connectivity index (χ1) is 8.09. The van der Waals surface area contributed by atoms with Crippen molar-refractivity contribution in [3.63, 3.8) is 0 Å². The Hall–Kier alpha value is -0.810. The predicted molar refractivity (Wildman–Crippen MR) is 78.9 cm³/mol. The third-order valence-electron chi connectivity index (χ3n) is 3.22. The SMILES string of the molecule is CC1SCCN(c2ccc(C(N)=S)nc2)C1C. The summed E-state index contributed by atoms with van der Waals surface area (Å²) in [6.45, 7) is 5.61. The van der Waals surface area contributed by atoms with E-state index < -0.39 is 0 Å². The fraction of sp³-hybridized carbons (Fsp3) is 0.500. The van der Waals surface area contributed by atoms with Gasteiger partial charge in [0.25, 0.3) is 0 Å². The topological polar surface area (TPSA) is 42.1 Å². The third kappa shape index (κ3) is 2.72. The van der Waals surface area contributed by atoms with Crippen LogP contribution in [0.1, 0.15) is 19.5 Å². The molecule has 1 aromatic heterocycles. The molecule has 2 unspecified atom stereocenters. The molecule has 92 valence electrons. The second-order valence-electron chi connectivity index (χ2n) is 4.28. The van der Waals surface area contributed by atoms with E-state index in [1.165, 1.54) is 5.75 Å². The summed E-state index contributed by atoms with van der Waals surface area (Å²) in [7, 11) is 0. The van der Waals surface area contributed by atoms with Gasteiger partial charge in [-0.1, -0.05) is 19.1 Å². The van der Waals surface area contributed by atoms with Crippen LogP contribution >= 0.6 is 24.0 Å². The van der Waals surface area contributed by atoms with Gasteiger partial charge >= 0.3 is 0 Å². The first-order valence-corrected chi connectivity index (χ1v) is 7.19. The molecule has 0 radical (unpaired) electrons. The molecule has 2 heterocycles. The smallest absolute Gasteiger partial charge is 0.122 e. The first kappa shape index (κ1) is 12.6. The van der Waals surface area contributed by atoms with Crippen LogP contribution in [0.5, 0.6) is 0 Å². The van der Waals surface area contributed by atoms with Crippen LogP contribution in [0.3, 0.4) is 0 Å². The van der Waals surface area contributed by atoms with Gasteiger partial charge in [0.1, 0.15) is 4.99 Å². The Kier molecular flexibility index (Phi) is 3.89. The summed E-state index contributed by atoms with van der Waals surface area (Å²) in [4.78, 5) is 7.05. The second-order valence-corrected chi connectivity index (χ2v) is 6.20. The molecule has 17 heavy (non-hydrogen) atoms. The molecule has 0 aromatic carbocycles. The summed E-state index contributed by atoms with van der Waals surface area (Å²) in [6, 6.07) is 4.49. The minimum absolute atomic E-state index is 0.354. The molecule has 2 atom stereocenters. The molecule has 0 aliphatic carbocycles. The molecule has 0 saturated carbocycles. The molecule has 2 rings (SSSR count). The van der Waals surface area contributed by atoms with E-state index in [0.717, 1.165) is 12.2 Å². The zero-order valence-electron chi connectivity index (χ0n) is 10.1. The molecule has 3 nitrogen and oxygen atoms in total. The summed E-state index contributed by atoms with van der Waals surface area (Å²) in [5, 5.41) is 0.652. The molecular weight excluding hydrogens is 250 g/mol. The average Bonchev–Trinajstić information content (AvgIpc) is 2.33. The molecule has 5 heteroatoms. The van der Waals surface area contributed by atoms with Gasteiger partial charge in [0.15, 0.2) is 0 Å². The lowest BCUT2D eigenvalue weighted by Crippen LogP contribution is -2.44. The van der Waals surface area contributed by atoms with Gasteiger partial charge < -0.3 is 10.6 Å². The predicted octanol–water partition coefficient (Wildman–Crippen LogP) is 2.05. The van der Waals surface area contributed by atoms with Gasteiger partial charge in [0.2, 0.25) is 0 Å². The molecular formula is C12H17N3S2. The molecule has 2 N–H and O–H groups in total. The Balaban J connectivity index is 2.19. The number of anilines is 1. The number of rotatable bonds is 2. The van der Waals surface area contributed by atoms with Crippen LogP contribution < -0.4 is 10.6 Å². The van der Waals surface area contributed by atoms with E-state index in [4.69, 9.17) is 18.0 Å². The van der Waals surface area contributed by atoms with Crippen molar-refractivity contribution < 1.29 is 0 Å². The Labute approximate surface area is 112 Å². The maximum atomic E-state index is 5.54. The molecule has 1 aromatic rings. The monoisotopic (exact) mass is 267 g/mol. The Morgan fingerprint density at radius 1 is 1.53 bits per heavy atom. The summed E-state index contributed by atoms with van der Waals surface area (Å²) < 4.78 is 0. The van der Waals surface area contributed by atoms with Gasteiger partial charge in [0.05, 0.1) is 17.6 Å². The first-order valence-electron chi connectivity index (χ1n) is 5.73. The maximum Gasteiger partial charge on any atom is 0.122 e. The van der Waals surface area contributed by atoms with Crippen LogP contribution in [0.2, 0.25) is 0 Å². The van der Waals surface area contributed by atoms with E-state index >= 15 is 0 Å². The molecule has 0 amide bonds. The standard InChI is InChI=1S/C12H17N3S2/c1-8-9(2)17-6-5-15(8)10-3-4-11(12(13)16)14-7-10/h3-4,7-9H,5-6H2,1-2H3,(H2,13,16). The van der Waals surface area contributed by atoms with Crippen molar-refractivity contribution in [2.75, 3.05) is 17.2 Å². The maximum absolute atomic E-state index is 5.54. The van der Waals surface area contributed by atoms with E-state index in [1.54, 1.807) is 0 Å². The number of nitrogens with two attached hydrogens (primary N) is 1. The highest BCUT2D eigenvalue weighted by molar-refractivity contribution is 8.00. The molecule has 1 aliphatic rings. The Bertz CT molecular complexity index is 405. The number of hydrogen-bond acceptors (Lipinski definition) is 4. The van der Waals surface area contributed by atoms with Gasteiger partial charge in [0, 0.05) is 23.6 Å². The Morgan fingerprint density at radius 3 is 2.88 bits per heavy atom. The van der Waals surface area contributed by atoms with Crippen molar-refractivity contribution in [1.29, 1.82) is 0 Å². The van der Waals surface area contributed by atoms with Crippen molar-refractivity contribution in [2.45, 2.75) is 25.1 Å². The lowest BCUT2D eigenvalue weighted by Gasteiger charge is -2.39. The molecule has 1 fully saturated rings. The number of aromatic nitrogens is 1. The average molecular weight is 267 g/mol. The number of thiocarbonyl (C=S) groups is 1. The molecule has 1 saturated heterocycles. The quantitative estimate of drug-likeness (QED) is 0.831. The van der Waals surface area contributed by atoms with E-state index in [9.17, 15) is 0 Å². The fourth-order valence-electron chi connectivity index (χ4n) is 2.00. The zero-order valence-corrected chi connectivity index (χ0v) is 11.7. The van der Waals surface area contributed by atoms with Crippen LogP contribution in [-0.4, -0.2) is 33.6 Å². The fourth-order valence-corrected chi connectivity index (χ4v) is 3.22. The molecule has 0 spiro atoms. The van der Waals surface area contributed by atoms with Crippen molar-refractivity contribution in [2.24, 2.45) is 5.73 Å². The minimum atomic E-state index is 0.354. The summed E-state index contributed by atoms with van der Waals surface area (Å²) in [5.41, 5.74) is 7.39. The van der Waals surface area contributed by atoms with Crippen LogP contribution in [0.25, 0.3) is 0 Å². The van der Waals surface area contributed by atoms with Crippen molar-refractivity contribution in [1.82, 2.24) is 4.98 Å². The van der Waals surface area contributed by atoms with E-state index in [2.05, 4.69) is 29.8 Å². The van der Waals surface area contributed by atoms with E-state index in [-0.39, 0.29) is 0 Å². The van der Waals surface area contributed by atoms with Gasteiger partial charge in [-0.15, -0.1) is 0 Å². The number of pyridine rings is 1. The third-order valence-corrected chi connectivity index (χ3v) is 4.76. The minimum Gasteiger partial charge on any atom is -0.388 e. The number of nitrogens with zero attached hydrogens (tertiary/aromatic N) is 2. The van der Waals surface area contributed by atoms with Gasteiger partial charge in [-0.25, -0.2) is 0 Å². The number of hydrogen-bond donors (Lipinski definition) is 1. The van der Waals surface area contributed by atoms with Crippen LogP contribution in [0.4, 0.5) is 5.69 Å². The van der Waals surface area contributed by atoms with E-state index in [1.807, 2.05) is 24.0 Å². The second kappa shape index (κ2) is 5.23. The van der Waals surface area contributed by atoms with Gasteiger partial charge in [-0.05, 0) is 19.1 Å². The van der Waals surface area contributed by atoms with Gasteiger partial charge in [-0.2, -0.15) is 11.8 Å². The molecule has 0 bridgehead atoms. The summed E-state index contributed by atoms with van der Waals surface area (Å²) in [5.74, 6) is 1.17. The van der Waals surface area contributed by atoms with Crippen LogP contribution in [-0.2, 0) is 0 Å². The van der Waals surface area contributed by atoms with Crippen LogP contribution in [0.15, 0.2) is 18.3 Å². The summed E-state index contributed by atoms with van der Waals surface area (Å²) in [6.07, 6.45) is 1.87. The van der Waals surface area contributed by atoms with Crippen molar-refractivity contribution >= 4 is 34.7 Å².